The first kappa shape index (κ1) is 11.0. The van der Waals surface area contributed by atoms with Gasteiger partial charge >= 0.3 is 0 Å². The summed E-state index contributed by atoms with van der Waals surface area (Å²) in [4.78, 5) is 7.04. The van der Waals surface area contributed by atoms with Gasteiger partial charge in [-0.2, -0.15) is 0 Å². The smallest absolute Gasteiger partial charge is 0.0960 e. The van der Waals surface area contributed by atoms with Crippen molar-refractivity contribution in [2.45, 2.75) is 25.7 Å². The van der Waals surface area contributed by atoms with Crippen molar-refractivity contribution in [1.29, 1.82) is 0 Å². The lowest BCUT2D eigenvalue weighted by Crippen LogP contribution is -2.36. The molecule has 15 heavy (non-hydrogen) atoms. The van der Waals surface area contributed by atoms with Crippen molar-refractivity contribution in [2.75, 3.05) is 26.2 Å². The fourth-order valence-electron chi connectivity index (χ4n) is 2.15. The van der Waals surface area contributed by atoms with Crippen LogP contribution in [0.4, 0.5) is 0 Å². The van der Waals surface area contributed by atoms with Gasteiger partial charge in [0.15, 0.2) is 0 Å². The number of thiazole rings is 1. The topological polar surface area (TPSA) is 42.1 Å². The summed E-state index contributed by atoms with van der Waals surface area (Å²) in [6.07, 6.45) is 2.49. The van der Waals surface area contributed by atoms with Crippen LogP contribution in [0.2, 0.25) is 0 Å². The molecule has 0 spiro atoms. The standard InChI is InChI=1S/C11H19N3S/c1-9-8-15-11(13-9)10-2-5-14(6-3-10)7-4-12/h8,10H,2-7,12H2,1H3. The van der Waals surface area contributed by atoms with Crippen molar-refractivity contribution < 1.29 is 0 Å². The Balaban J connectivity index is 1.88. The molecule has 1 aromatic heterocycles. The first-order chi connectivity index (χ1) is 7.29. The van der Waals surface area contributed by atoms with Crippen LogP contribution in [-0.2, 0) is 0 Å². The third kappa shape index (κ3) is 2.77. The lowest BCUT2D eigenvalue weighted by molar-refractivity contribution is 0.217. The third-order valence-electron chi connectivity index (χ3n) is 3.02. The number of piperidine rings is 1. The lowest BCUT2D eigenvalue weighted by atomic mass is 9.97. The number of aryl methyl sites for hydroxylation is 1. The second-order valence-electron chi connectivity index (χ2n) is 4.23. The highest BCUT2D eigenvalue weighted by atomic mass is 32.1. The van der Waals surface area contributed by atoms with Crippen LogP contribution in [0.3, 0.4) is 0 Å². The quantitative estimate of drug-likeness (QED) is 0.849. The van der Waals surface area contributed by atoms with Gasteiger partial charge in [0.05, 0.1) is 5.01 Å². The van der Waals surface area contributed by atoms with E-state index >= 15 is 0 Å². The minimum absolute atomic E-state index is 0.692. The molecule has 0 saturated carbocycles. The van der Waals surface area contributed by atoms with E-state index < -0.39 is 0 Å². The van der Waals surface area contributed by atoms with Crippen molar-refractivity contribution in [1.82, 2.24) is 9.88 Å². The molecule has 2 heterocycles. The highest BCUT2D eigenvalue weighted by molar-refractivity contribution is 7.09. The summed E-state index contributed by atoms with van der Waals surface area (Å²) >= 11 is 1.82. The van der Waals surface area contributed by atoms with E-state index in [2.05, 4.69) is 22.2 Å². The number of nitrogens with zero attached hydrogens (tertiary/aromatic N) is 2. The molecule has 1 fully saturated rings. The molecule has 0 aliphatic carbocycles. The molecule has 0 bridgehead atoms. The van der Waals surface area contributed by atoms with E-state index in [-0.39, 0.29) is 0 Å². The Bertz CT molecular complexity index is 303. The summed E-state index contributed by atoms with van der Waals surface area (Å²) in [6, 6.07) is 0. The Kier molecular flexibility index (Phi) is 3.72. The molecule has 1 aliphatic rings. The van der Waals surface area contributed by atoms with E-state index in [4.69, 9.17) is 5.73 Å². The van der Waals surface area contributed by atoms with E-state index in [1.165, 1.54) is 36.6 Å². The number of likely N-dealkylation sites (tertiary alicyclic amines) is 1. The first-order valence-corrected chi connectivity index (χ1v) is 6.52. The van der Waals surface area contributed by atoms with Crippen LogP contribution < -0.4 is 5.73 Å². The van der Waals surface area contributed by atoms with Crippen LogP contribution in [0.5, 0.6) is 0 Å². The molecule has 2 N–H and O–H groups in total. The summed E-state index contributed by atoms with van der Waals surface area (Å²) in [5, 5.41) is 3.49. The van der Waals surface area contributed by atoms with Gasteiger partial charge in [-0.3, -0.25) is 0 Å². The van der Waals surface area contributed by atoms with Crippen LogP contribution in [0.15, 0.2) is 5.38 Å². The van der Waals surface area contributed by atoms with E-state index in [9.17, 15) is 0 Å². The summed E-state index contributed by atoms with van der Waals surface area (Å²) in [7, 11) is 0. The van der Waals surface area contributed by atoms with Crippen molar-refractivity contribution in [3.63, 3.8) is 0 Å². The molecule has 0 radical (unpaired) electrons. The monoisotopic (exact) mass is 225 g/mol. The van der Waals surface area contributed by atoms with Gasteiger partial charge in [0.2, 0.25) is 0 Å². The highest BCUT2D eigenvalue weighted by Crippen LogP contribution is 2.29. The molecule has 1 aliphatic heterocycles. The molecule has 3 nitrogen and oxygen atoms in total. The zero-order valence-corrected chi connectivity index (χ0v) is 10.1. The molecular weight excluding hydrogens is 206 g/mol. The van der Waals surface area contributed by atoms with Gasteiger partial charge in [-0.25, -0.2) is 4.98 Å². The average molecular weight is 225 g/mol. The maximum atomic E-state index is 5.56. The molecule has 0 amide bonds. The molecule has 84 valence electrons. The van der Waals surface area contributed by atoms with E-state index in [1.54, 1.807) is 0 Å². The summed E-state index contributed by atoms with van der Waals surface area (Å²) in [5.41, 5.74) is 6.72. The number of nitrogens with two attached hydrogens (primary N) is 1. The average Bonchev–Trinajstić information content (AvgIpc) is 2.67. The van der Waals surface area contributed by atoms with Crippen LogP contribution >= 0.6 is 11.3 Å². The minimum Gasteiger partial charge on any atom is -0.329 e. The van der Waals surface area contributed by atoms with Gasteiger partial charge in [0.25, 0.3) is 0 Å². The van der Waals surface area contributed by atoms with Gasteiger partial charge in [-0.15, -0.1) is 11.3 Å². The van der Waals surface area contributed by atoms with Crippen LogP contribution in [0, 0.1) is 6.92 Å². The third-order valence-corrected chi connectivity index (χ3v) is 4.14. The van der Waals surface area contributed by atoms with E-state index in [1.807, 2.05) is 11.3 Å². The van der Waals surface area contributed by atoms with Gasteiger partial charge in [-0.05, 0) is 32.9 Å². The predicted molar refractivity (Wildman–Crippen MR) is 64.3 cm³/mol. The zero-order chi connectivity index (χ0) is 10.7. The largest absolute Gasteiger partial charge is 0.329 e. The molecule has 1 aromatic rings. The fourth-order valence-corrected chi connectivity index (χ4v) is 3.11. The van der Waals surface area contributed by atoms with Gasteiger partial charge in [-0.1, -0.05) is 0 Å². The Labute approximate surface area is 95.3 Å². The van der Waals surface area contributed by atoms with Gasteiger partial charge < -0.3 is 10.6 Å². The molecule has 1 saturated heterocycles. The Morgan fingerprint density at radius 3 is 2.80 bits per heavy atom. The van der Waals surface area contributed by atoms with Crippen molar-refractivity contribution in [3.05, 3.63) is 16.1 Å². The summed E-state index contributed by atoms with van der Waals surface area (Å²) in [6.45, 7) is 6.26. The fraction of sp³-hybridized carbons (Fsp3) is 0.727. The second-order valence-corrected chi connectivity index (χ2v) is 5.12. The maximum absolute atomic E-state index is 5.56. The molecule has 0 atom stereocenters. The van der Waals surface area contributed by atoms with Gasteiger partial charge in [0, 0.05) is 30.1 Å². The Morgan fingerprint density at radius 2 is 2.27 bits per heavy atom. The van der Waals surface area contributed by atoms with Gasteiger partial charge in [0.1, 0.15) is 0 Å². The molecule has 0 aromatic carbocycles. The zero-order valence-electron chi connectivity index (χ0n) is 9.28. The molecule has 2 rings (SSSR count). The van der Waals surface area contributed by atoms with Crippen molar-refractivity contribution in [2.24, 2.45) is 5.73 Å². The van der Waals surface area contributed by atoms with Crippen molar-refractivity contribution >= 4 is 11.3 Å². The van der Waals surface area contributed by atoms with E-state index in [0.717, 1.165) is 13.1 Å². The number of hydrogen-bond acceptors (Lipinski definition) is 4. The molecule has 0 unspecified atom stereocenters. The SMILES string of the molecule is Cc1csc(C2CCN(CCN)CC2)n1. The highest BCUT2D eigenvalue weighted by Gasteiger charge is 2.21. The Hall–Kier alpha value is -0.450. The normalized spacial score (nSPS) is 19.6. The number of rotatable bonds is 3. The van der Waals surface area contributed by atoms with E-state index in [0.29, 0.717) is 5.92 Å². The Morgan fingerprint density at radius 1 is 1.53 bits per heavy atom. The predicted octanol–water partition coefficient (Wildman–Crippen LogP) is 1.59. The van der Waals surface area contributed by atoms with Crippen LogP contribution in [0.1, 0.15) is 29.5 Å². The second kappa shape index (κ2) is 5.05. The van der Waals surface area contributed by atoms with Crippen LogP contribution in [0.25, 0.3) is 0 Å². The number of aromatic nitrogens is 1. The minimum atomic E-state index is 0.692. The molecular formula is C11H19N3S. The summed E-state index contributed by atoms with van der Waals surface area (Å²) < 4.78 is 0. The number of hydrogen-bond donors (Lipinski definition) is 1. The molecule has 4 heteroatoms. The first-order valence-electron chi connectivity index (χ1n) is 5.64. The summed E-state index contributed by atoms with van der Waals surface area (Å²) in [5.74, 6) is 0.692. The lowest BCUT2D eigenvalue weighted by Gasteiger charge is -2.30. The van der Waals surface area contributed by atoms with Crippen LogP contribution in [-0.4, -0.2) is 36.1 Å². The maximum Gasteiger partial charge on any atom is 0.0960 e. The van der Waals surface area contributed by atoms with Crippen molar-refractivity contribution in [3.8, 4) is 0 Å².